The van der Waals surface area contributed by atoms with Crippen LogP contribution in [0.1, 0.15) is 17.8 Å². The van der Waals surface area contributed by atoms with Gasteiger partial charge in [0, 0.05) is 6.61 Å². The molecule has 0 unspecified atom stereocenters. The molecule has 0 spiro atoms. The molecule has 0 saturated carbocycles. The minimum atomic E-state index is 0.0213. The summed E-state index contributed by atoms with van der Waals surface area (Å²) in [5.74, 6) is 0. The quantitative estimate of drug-likeness (QED) is 0.709. The topological polar surface area (TPSA) is 44.1 Å². The molecular formula is C8H12N2O2S. The van der Waals surface area contributed by atoms with E-state index in [-0.39, 0.29) is 11.0 Å². The van der Waals surface area contributed by atoms with E-state index in [1.165, 1.54) is 16.0 Å². The summed E-state index contributed by atoms with van der Waals surface area (Å²) in [4.78, 5) is 11.3. The normalized spacial score (nSPS) is 22.4. The van der Waals surface area contributed by atoms with Crippen molar-refractivity contribution in [3.63, 3.8) is 0 Å². The number of aryl methyl sites for hydroxylation is 1. The molecule has 1 aromatic rings. The maximum atomic E-state index is 11.3. The summed E-state index contributed by atoms with van der Waals surface area (Å²) in [6.07, 6.45) is 2.34. The Bertz CT molecular complexity index is 338. The second-order valence-electron chi connectivity index (χ2n) is 3.20. The molecule has 0 amide bonds. The lowest BCUT2D eigenvalue weighted by Gasteiger charge is -2.07. The molecule has 13 heavy (non-hydrogen) atoms. The third-order valence-electron chi connectivity index (χ3n) is 2.11. The first-order valence-corrected chi connectivity index (χ1v) is 5.23. The maximum Gasteiger partial charge on any atom is 0.325 e. The Balaban J connectivity index is 2.08. The van der Waals surface area contributed by atoms with E-state index < -0.39 is 0 Å². The van der Waals surface area contributed by atoms with Crippen molar-refractivity contribution in [2.45, 2.75) is 32.4 Å². The van der Waals surface area contributed by atoms with Gasteiger partial charge in [-0.3, -0.25) is 4.79 Å². The molecule has 1 atom stereocenters. The van der Waals surface area contributed by atoms with Crippen molar-refractivity contribution in [1.29, 1.82) is 0 Å². The summed E-state index contributed by atoms with van der Waals surface area (Å²) in [7, 11) is 0. The van der Waals surface area contributed by atoms with Crippen molar-refractivity contribution < 1.29 is 4.74 Å². The van der Waals surface area contributed by atoms with Gasteiger partial charge in [-0.2, -0.15) is 5.10 Å². The summed E-state index contributed by atoms with van der Waals surface area (Å²) in [5.41, 5.74) is 0. The molecule has 72 valence electrons. The Morgan fingerprint density at radius 3 is 3.15 bits per heavy atom. The van der Waals surface area contributed by atoms with Gasteiger partial charge in [-0.05, 0) is 19.8 Å². The van der Waals surface area contributed by atoms with E-state index in [0.717, 1.165) is 24.5 Å². The van der Waals surface area contributed by atoms with Crippen LogP contribution in [0.15, 0.2) is 4.79 Å². The van der Waals surface area contributed by atoms with E-state index in [9.17, 15) is 4.79 Å². The van der Waals surface area contributed by atoms with Crippen LogP contribution in [0, 0.1) is 6.92 Å². The second-order valence-corrected chi connectivity index (χ2v) is 4.35. The summed E-state index contributed by atoms with van der Waals surface area (Å²) in [5, 5.41) is 4.94. The number of ether oxygens (including phenoxy) is 1. The minimum absolute atomic E-state index is 0.0213. The van der Waals surface area contributed by atoms with E-state index >= 15 is 0 Å². The van der Waals surface area contributed by atoms with Crippen LogP contribution in [0.3, 0.4) is 0 Å². The number of hydrogen-bond donors (Lipinski definition) is 0. The maximum absolute atomic E-state index is 11.3. The van der Waals surface area contributed by atoms with Crippen molar-refractivity contribution in [3.8, 4) is 0 Å². The highest BCUT2D eigenvalue weighted by molar-refractivity contribution is 7.08. The zero-order valence-corrected chi connectivity index (χ0v) is 8.34. The molecule has 0 aromatic carbocycles. The molecule has 1 aliphatic heterocycles. The third kappa shape index (κ3) is 1.97. The molecule has 0 radical (unpaired) electrons. The lowest BCUT2D eigenvalue weighted by atomic mass is 10.2. The summed E-state index contributed by atoms with van der Waals surface area (Å²) in [6, 6.07) is 0. The lowest BCUT2D eigenvalue weighted by molar-refractivity contribution is 0.0932. The van der Waals surface area contributed by atoms with E-state index in [0.29, 0.717) is 6.54 Å². The van der Waals surface area contributed by atoms with Gasteiger partial charge in [-0.25, -0.2) is 4.68 Å². The van der Waals surface area contributed by atoms with Gasteiger partial charge >= 0.3 is 4.87 Å². The van der Waals surface area contributed by atoms with Crippen molar-refractivity contribution in [2.24, 2.45) is 0 Å². The van der Waals surface area contributed by atoms with Crippen molar-refractivity contribution in [1.82, 2.24) is 9.78 Å². The predicted octanol–water partition coefficient (Wildman–Crippen LogP) is 0.792. The number of rotatable bonds is 2. The van der Waals surface area contributed by atoms with Crippen LogP contribution in [-0.4, -0.2) is 22.5 Å². The SMILES string of the molecule is Cc1nn(C[C@H]2CCCO2)c(=O)s1. The molecule has 0 aliphatic carbocycles. The monoisotopic (exact) mass is 200 g/mol. The first-order chi connectivity index (χ1) is 6.25. The average molecular weight is 200 g/mol. The van der Waals surface area contributed by atoms with E-state index in [4.69, 9.17) is 4.74 Å². The highest BCUT2D eigenvalue weighted by Crippen LogP contribution is 2.13. The molecule has 5 heteroatoms. The molecule has 2 rings (SSSR count). The van der Waals surface area contributed by atoms with Crippen LogP contribution in [-0.2, 0) is 11.3 Å². The van der Waals surface area contributed by atoms with Gasteiger partial charge in [0.15, 0.2) is 0 Å². The zero-order chi connectivity index (χ0) is 9.26. The smallest absolute Gasteiger partial charge is 0.325 e. The fourth-order valence-electron chi connectivity index (χ4n) is 1.51. The first kappa shape index (κ1) is 8.90. The van der Waals surface area contributed by atoms with Crippen LogP contribution in [0.5, 0.6) is 0 Å². The van der Waals surface area contributed by atoms with E-state index in [1.54, 1.807) is 0 Å². The molecule has 0 N–H and O–H groups in total. The molecule has 4 nitrogen and oxygen atoms in total. The van der Waals surface area contributed by atoms with Crippen LogP contribution >= 0.6 is 11.3 Å². The number of nitrogens with zero attached hydrogens (tertiary/aromatic N) is 2. The Labute approximate surface area is 80.1 Å². The molecule has 2 heterocycles. The second kappa shape index (κ2) is 3.59. The van der Waals surface area contributed by atoms with Crippen LogP contribution in [0.2, 0.25) is 0 Å². The molecular weight excluding hydrogens is 188 g/mol. The third-order valence-corrected chi connectivity index (χ3v) is 2.87. The van der Waals surface area contributed by atoms with Gasteiger partial charge in [-0.1, -0.05) is 11.3 Å². The Hall–Kier alpha value is -0.680. The molecule has 1 aromatic heterocycles. The fourth-order valence-corrected chi connectivity index (χ4v) is 2.12. The molecule has 0 bridgehead atoms. The van der Waals surface area contributed by atoms with Crippen LogP contribution < -0.4 is 4.87 Å². The predicted molar refractivity (Wildman–Crippen MR) is 50.1 cm³/mol. The van der Waals surface area contributed by atoms with Crippen LogP contribution in [0.4, 0.5) is 0 Å². The van der Waals surface area contributed by atoms with Gasteiger partial charge in [0.05, 0.1) is 12.6 Å². The highest BCUT2D eigenvalue weighted by atomic mass is 32.1. The summed E-state index contributed by atoms with van der Waals surface area (Å²) < 4.78 is 6.94. The van der Waals surface area contributed by atoms with E-state index in [1.807, 2.05) is 6.92 Å². The number of aromatic nitrogens is 2. The van der Waals surface area contributed by atoms with Gasteiger partial charge in [-0.15, -0.1) is 0 Å². The number of hydrogen-bond acceptors (Lipinski definition) is 4. The average Bonchev–Trinajstić information content (AvgIpc) is 2.63. The van der Waals surface area contributed by atoms with Crippen molar-refractivity contribution >= 4 is 11.3 Å². The molecule has 1 saturated heterocycles. The molecule has 1 aliphatic rings. The Kier molecular flexibility index (Phi) is 2.46. The van der Waals surface area contributed by atoms with Crippen LogP contribution in [0.25, 0.3) is 0 Å². The molecule has 1 fully saturated rings. The standard InChI is InChI=1S/C8H12N2O2S/c1-6-9-10(8(11)13-6)5-7-3-2-4-12-7/h7H,2-5H2,1H3/t7-/m1/s1. The van der Waals surface area contributed by atoms with E-state index in [2.05, 4.69) is 5.10 Å². The van der Waals surface area contributed by atoms with Crippen molar-refractivity contribution in [3.05, 3.63) is 14.7 Å². The largest absolute Gasteiger partial charge is 0.376 e. The highest BCUT2D eigenvalue weighted by Gasteiger charge is 2.17. The summed E-state index contributed by atoms with van der Waals surface area (Å²) >= 11 is 1.19. The van der Waals surface area contributed by atoms with Gasteiger partial charge in [0.25, 0.3) is 0 Å². The Morgan fingerprint density at radius 2 is 2.62 bits per heavy atom. The van der Waals surface area contributed by atoms with Gasteiger partial charge in [0.1, 0.15) is 5.01 Å². The summed E-state index contributed by atoms with van der Waals surface area (Å²) in [6.45, 7) is 3.28. The van der Waals surface area contributed by atoms with Crippen molar-refractivity contribution in [2.75, 3.05) is 6.61 Å². The lowest BCUT2D eigenvalue weighted by Crippen LogP contribution is -2.23. The minimum Gasteiger partial charge on any atom is -0.376 e. The Morgan fingerprint density at radius 1 is 1.77 bits per heavy atom. The van der Waals surface area contributed by atoms with Gasteiger partial charge in [0.2, 0.25) is 0 Å². The zero-order valence-electron chi connectivity index (χ0n) is 7.52. The van der Waals surface area contributed by atoms with Gasteiger partial charge < -0.3 is 4.74 Å². The first-order valence-electron chi connectivity index (χ1n) is 4.42. The fraction of sp³-hybridized carbons (Fsp3) is 0.750.